The van der Waals surface area contributed by atoms with Crippen LogP contribution in [0.2, 0.25) is 0 Å². The Morgan fingerprint density at radius 2 is 1.84 bits per heavy atom. The van der Waals surface area contributed by atoms with Gasteiger partial charge in [0.1, 0.15) is 12.4 Å². The molecule has 0 bridgehead atoms. The molecule has 0 aromatic carbocycles. The molecule has 0 atom stereocenters. The Morgan fingerprint density at radius 1 is 1.16 bits per heavy atom. The standard InChI is InChI=1S/C17H34N6O.HI/c1-14(2)9-6-7-10-18-17(19-11-8-12-24-5)20-13-16-22-21-15(3)23(16)4;/h14H,6-13H2,1-5H3,(H2,18,19,20);1H. The smallest absolute Gasteiger partial charge is 0.191 e. The summed E-state index contributed by atoms with van der Waals surface area (Å²) in [6.45, 7) is 9.50. The fraction of sp³-hybridized carbons (Fsp3) is 0.824. The lowest BCUT2D eigenvalue weighted by molar-refractivity contribution is 0.195. The van der Waals surface area contributed by atoms with E-state index in [1.807, 2.05) is 18.5 Å². The van der Waals surface area contributed by atoms with E-state index < -0.39 is 0 Å². The van der Waals surface area contributed by atoms with Gasteiger partial charge in [0, 0.05) is 33.9 Å². The number of aliphatic imine (C=N–C) groups is 1. The van der Waals surface area contributed by atoms with Crippen molar-refractivity contribution in [2.24, 2.45) is 18.0 Å². The minimum atomic E-state index is 0. The Bertz CT molecular complexity index is 489. The third-order valence-electron chi connectivity index (χ3n) is 3.88. The summed E-state index contributed by atoms with van der Waals surface area (Å²) in [6.07, 6.45) is 4.62. The maximum absolute atomic E-state index is 5.09. The number of hydrogen-bond acceptors (Lipinski definition) is 4. The third-order valence-corrected chi connectivity index (χ3v) is 3.88. The number of ether oxygens (including phenoxy) is 1. The van der Waals surface area contributed by atoms with Crippen LogP contribution in [0.25, 0.3) is 0 Å². The molecule has 2 N–H and O–H groups in total. The van der Waals surface area contributed by atoms with Gasteiger partial charge in [-0.25, -0.2) is 4.99 Å². The number of unbranched alkanes of at least 4 members (excludes halogenated alkanes) is 1. The average Bonchev–Trinajstić information content (AvgIpc) is 2.87. The molecule has 0 saturated carbocycles. The molecule has 0 spiro atoms. The predicted octanol–water partition coefficient (Wildman–Crippen LogP) is 2.64. The monoisotopic (exact) mass is 466 g/mol. The zero-order valence-corrected chi connectivity index (χ0v) is 18.7. The van der Waals surface area contributed by atoms with Crippen LogP contribution in [0.1, 0.15) is 51.2 Å². The van der Waals surface area contributed by atoms with E-state index in [1.54, 1.807) is 7.11 Å². The van der Waals surface area contributed by atoms with Crippen LogP contribution in [-0.4, -0.2) is 47.5 Å². The number of rotatable bonds is 11. The van der Waals surface area contributed by atoms with E-state index in [4.69, 9.17) is 4.74 Å². The maximum Gasteiger partial charge on any atom is 0.191 e. The van der Waals surface area contributed by atoms with Crippen molar-refractivity contribution in [1.82, 2.24) is 25.4 Å². The number of methoxy groups -OCH3 is 1. The molecule has 0 saturated heterocycles. The second-order valence-electron chi connectivity index (χ2n) is 6.48. The topological polar surface area (TPSA) is 76.4 Å². The summed E-state index contributed by atoms with van der Waals surface area (Å²) in [5.74, 6) is 3.36. The summed E-state index contributed by atoms with van der Waals surface area (Å²) >= 11 is 0. The van der Waals surface area contributed by atoms with Crippen molar-refractivity contribution in [2.45, 2.75) is 53.0 Å². The van der Waals surface area contributed by atoms with Gasteiger partial charge in [-0.3, -0.25) is 0 Å². The molecule has 0 aliphatic heterocycles. The summed E-state index contributed by atoms with van der Waals surface area (Å²) in [5.41, 5.74) is 0. The Hall–Kier alpha value is -0.900. The van der Waals surface area contributed by atoms with Crippen LogP contribution in [0.5, 0.6) is 0 Å². The van der Waals surface area contributed by atoms with Gasteiger partial charge in [0.25, 0.3) is 0 Å². The molecule has 7 nitrogen and oxygen atoms in total. The molecule has 25 heavy (non-hydrogen) atoms. The van der Waals surface area contributed by atoms with Crippen molar-refractivity contribution in [3.63, 3.8) is 0 Å². The SMILES string of the molecule is COCCCNC(=NCc1nnc(C)n1C)NCCCCC(C)C.I. The van der Waals surface area contributed by atoms with Crippen LogP contribution < -0.4 is 10.6 Å². The average molecular weight is 466 g/mol. The van der Waals surface area contributed by atoms with Gasteiger partial charge in [-0.1, -0.05) is 26.7 Å². The summed E-state index contributed by atoms with van der Waals surface area (Å²) in [5, 5.41) is 15.0. The predicted molar refractivity (Wildman–Crippen MR) is 113 cm³/mol. The second-order valence-corrected chi connectivity index (χ2v) is 6.48. The summed E-state index contributed by atoms with van der Waals surface area (Å²) < 4.78 is 7.05. The lowest BCUT2D eigenvalue weighted by Crippen LogP contribution is -2.38. The Balaban J connectivity index is 0.00000576. The second kappa shape index (κ2) is 14.3. The van der Waals surface area contributed by atoms with Crippen LogP contribution in [0.3, 0.4) is 0 Å². The molecule has 0 aliphatic carbocycles. The summed E-state index contributed by atoms with van der Waals surface area (Å²) in [4.78, 5) is 4.63. The Labute approximate surface area is 169 Å². The summed E-state index contributed by atoms with van der Waals surface area (Å²) in [6, 6.07) is 0. The van der Waals surface area contributed by atoms with E-state index in [0.29, 0.717) is 6.54 Å². The van der Waals surface area contributed by atoms with Crippen molar-refractivity contribution in [3.05, 3.63) is 11.6 Å². The number of guanidine groups is 1. The number of nitrogens with one attached hydrogen (secondary N) is 2. The highest BCUT2D eigenvalue weighted by Gasteiger charge is 2.05. The van der Waals surface area contributed by atoms with Crippen LogP contribution >= 0.6 is 24.0 Å². The number of aromatic nitrogens is 3. The first-order valence-electron chi connectivity index (χ1n) is 8.90. The van der Waals surface area contributed by atoms with E-state index in [-0.39, 0.29) is 24.0 Å². The number of halogens is 1. The molecule has 146 valence electrons. The van der Waals surface area contributed by atoms with Gasteiger partial charge in [-0.15, -0.1) is 34.2 Å². The van der Waals surface area contributed by atoms with Crippen LogP contribution in [0.15, 0.2) is 4.99 Å². The molecule has 1 aromatic rings. The zero-order chi connectivity index (χ0) is 17.8. The molecule has 0 fully saturated rings. The van der Waals surface area contributed by atoms with Crippen LogP contribution in [-0.2, 0) is 18.3 Å². The highest BCUT2D eigenvalue weighted by atomic mass is 127. The van der Waals surface area contributed by atoms with E-state index >= 15 is 0 Å². The van der Waals surface area contributed by atoms with E-state index in [0.717, 1.165) is 56.1 Å². The third kappa shape index (κ3) is 10.6. The van der Waals surface area contributed by atoms with Gasteiger partial charge >= 0.3 is 0 Å². The number of nitrogens with zero attached hydrogens (tertiary/aromatic N) is 4. The van der Waals surface area contributed by atoms with Gasteiger partial charge in [0.2, 0.25) is 0 Å². The molecule has 0 radical (unpaired) electrons. The first-order valence-corrected chi connectivity index (χ1v) is 8.90. The van der Waals surface area contributed by atoms with E-state index in [1.165, 1.54) is 12.8 Å². The highest BCUT2D eigenvalue weighted by molar-refractivity contribution is 14.0. The van der Waals surface area contributed by atoms with Gasteiger partial charge < -0.3 is 19.9 Å². The molecule has 1 rings (SSSR count). The molecular formula is C17H35IN6O. The normalized spacial score (nSPS) is 11.5. The first kappa shape index (κ1) is 24.1. The molecule has 1 aromatic heterocycles. The van der Waals surface area contributed by atoms with Gasteiger partial charge in [-0.2, -0.15) is 0 Å². The van der Waals surface area contributed by atoms with Crippen molar-refractivity contribution in [3.8, 4) is 0 Å². The van der Waals surface area contributed by atoms with Gasteiger partial charge in [0.15, 0.2) is 11.8 Å². The minimum Gasteiger partial charge on any atom is -0.385 e. The van der Waals surface area contributed by atoms with Crippen LogP contribution in [0, 0.1) is 12.8 Å². The van der Waals surface area contributed by atoms with Gasteiger partial charge in [0.05, 0.1) is 0 Å². The first-order chi connectivity index (χ1) is 11.5. The molecule has 8 heteroatoms. The fourth-order valence-electron chi connectivity index (χ4n) is 2.22. The number of hydrogen-bond donors (Lipinski definition) is 2. The largest absolute Gasteiger partial charge is 0.385 e. The molecule has 1 heterocycles. The van der Waals surface area contributed by atoms with E-state index in [9.17, 15) is 0 Å². The Kier molecular flexibility index (Phi) is 13.8. The molecule has 0 unspecified atom stereocenters. The summed E-state index contributed by atoms with van der Waals surface area (Å²) in [7, 11) is 3.68. The molecule has 0 aliphatic rings. The Morgan fingerprint density at radius 3 is 2.40 bits per heavy atom. The molecular weight excluding hydrogens is 431 g/mol. The van der Waals surface area contributed by atoms with Crippen molar-refractivity contribution in [2.75, 3.05) is 26.8 Å². The van der Waals surface area contributed by atoms with Crippen molar-refractivity contribution >= 4 is 29.9 Å². The number of aryl methyl sites for hydroxylation is 1. The minimum absolute atomic E-state index is 0. The quantitative estimate of drug-likeness (QED) is 0.227. The van der Waals surface area contributed by atoms with E-state index in [2.05, 4.69) is 39.7 Å². The van der Waals surface area contributed by atoms with Crippen molar-refractivity contribution < 1.29 is 4.74 Å². The lowest BCUT2D eigenvalue weighted by atomic mass is 10.1. The maximum atomic E-state index is 5.09. The zero-order valence-electron chi connectivity index (χ0n) is 16.3. The highest BCUT2D eigenvalue weighted by Crippen LogP contribution is 2.05. The van der Waals surface area contributed by atoms with Crippen molar-refractivity contribution in [1.29, 1.82) is 0 Å². The molecule has 0 amide bonds. The van der Waals surface area contributed by atoms with Crippen LogP contribution in [0.4, 0.5) is 0 Å². The fourth-order valence-corrected chi connectivity index (χ4v) is 2.22. The van der Waals surface area contributed by atoms with Gasteiger partial charge in [-0.05, 0) is 25.7 Å². The lowest BCUT2D eigenvalue weighted by Gasteiger charge is -2.13.